The number of piperidine rings is 1. The van der Waals surface area contributed by atoms with E-state index in [4.69, 9.17) is 0 Å². The molecule has 0 atom stereocenters. The minimum atomic E-state index is 0.712. The first kappa shape index (κ1) is 15.0. The van der Waals surface area contributed by atoms with Crippen LogP contribution in [0, 0.1) is 0 Å². The Morgan fingerprint density at radius 2 is 1.86 bits per heavy atom. The molecule has 0 bridgehead atoms. The highest BCUT2D eigenvalue weighted by atomic mass is 79.9. The number of halogens is 1. The van der Waals surface area contributed by atoms with Crippen molar-refractivity contribution in [1.29, 1.82) is 0 Å². The van der Waals surface area contributed by atoms with Crippen LogP contribution < -0.4 is 10.3 Å². The molecule has 2 aromatic rings. The lowest BCUT2D eigenvalue weighted by Crippen LogP contribution is -2.30. The molecule has 1 fully saturated rings. The molecule has 1 N–H and O–H groups in total. The highest BCUT2D eigenvalue weighted by Crippen LogP contribution is 2.19. The number of nitrogens with one attached hydrogen (secondary N) is 1. The Labute approximate surface area is 138 Å². The second-order valence-corrected chi connectivity index (χ2v) is 6.15. The fraction of sp³-hybridized carbons (Fsp3) is 0.312. The van der Waals surface area contributed by atoms with Gasteiger partial charge in [-0.2, -0.15) is 5.10 Å². The van der Waals surface area contributed by atoms with Crippen molar-refractivity contribution in [3.05, 3.63) is 46.7 Å². The number of hydrogen-bond acceptors (Lipinski definition) is 5. The lowest BCUT2D eigenvalue weighted by atomic mass is 10.1. The van der Waals surface area contributed by atoms with Crippen LogP contribution in [0.4, 0.5) is 11.6 Å². The van der Waals surface area contributed by atoms with E-state index in [1.54, 1.807) is 12.5 Å². The van der Waals surface area contributed by atoms with Crippen LogP contribution in [-0.2, 0) is 0 Å². The second kappa shape index (κ2) is 7.35. The maximum atomic E-state index is 4.36. The van der Waals surface area contributed by atoms with Gasteiger partial charge in [0.2, 0.25) is 0 Å². The molecule has 0 amide bonds. The van der Waals surface area contributed by atoms with Crippen molar-refractivity contribution in [2.75, 3.05) is 23.4 Å². The largest absolute Gasteiger partial charge is 0.356 e. The zero-order valence-corrected chi connectivity index (χ0v) is 13.8. The number of hydrogen-bond donors (Lipinski definition) is 1. The van der Waals surface area contributed by atoms with Gasteiger partial charge >= 0.3 is 0 Å². The van der Waals surface area contributed by atoms with Gasteiger partial charge in [0.1, 0.15) is 12.1 Å². The molecule has 5 nitrogen and oxygen atoms in total. The van der Waals surface area contributed by atoms with Gasteiger partial charge in [0.15, 0.2) is 5.82 Å². The van der Waals surface area contributed by atoms with Crippen LogP contribution in [-0.4, -0.2) is 29.3 Å². The monoisotopic (exact) mass is 359 g/mol. The maximum absolute atomic E-state index is 4.36. The van der Waals surface area contributed by atoms with Gasteiger partial charge in [-0.15, -0.1) is 0 Å². The van der Waals surface area contributed by atoms with E-state index in [0.29, 0.717) is 5.82 Å². The van der Waals surface area contributed by atoms with Crippen LogP contribution in [0.1, 0.15) is 24.8 Å². The first-order valence-corrected chi connectivity index (χ1v) is 8.22. The zero-order valence-electron chi connectivity index (χ0n) is 12.2. The van der Waals surface area contributed by atoms with Crippen molar-refractivity contribution in [3.8, 4) is 0 Å². The predicted molar refractivity (Wildman–Crippen MR) is 93.5 cm³/mol. The smallest absolute Gasteiger partial charge is 0.151 e. The molecular formula is C16H18BrN5. The molecule has 0 aliphatic carbocycles. The Balaban J connectivity index is 1.63. The van der Waals surface area contributed by atoms with Gasteiger partial charge in [-0.25, -0.2) is 9.97 Å². The Hall–Kier alpha value is -1.95. The summed E-state index contributed by atoms with van der Waals surface area (Å²) >= 11 is 3.41. The third-order valence-corrected chi connectivity index (χ3v) is 4.12. The minimum absolute atomic E-state index is 0.712. The van der Waals surface area contributed by atoms with Crippen molar-refractivity contribution in [1.82, 2.24) is 9.97 Å². The second-order valence-electron chi connectivity index (χ2n) is 5.23. The molecule has 0 spiro atoms. The zero-order chi connectivity index (χ0) is 15.2. The van der Waals surface area contributed by atoms with Crippen LogP contribution in [0.3, 0.4) is 0 Å². The van der Waals surface area contributed by atoms with Crippen molar-refractivity contribution in [3.63, 3.8) is 0 Å². The topological polar surface area (TPSA) is 53.4 Å². The normalized spacial score (nSPS) is 15.2. The molecule has 0 saturated carbocycles. The fourth-order valence-electron chi connectivity index (χ4n) is 2.43. The van der Waals surface area contributed by atoms with Gasteiger partial charge in [-0.1, -0.05) is 28.1 Å². The molecule has 0 unspecified atom stereocenters. The first-order valence-electron chi connectivity index (χ1n) is 7.43. The number of rotatable bonds is 4. The SMILES string of the molecule is Brc1ccc(C=NNc2cc(N3CCCCC3)ncn2)cc1. The summed E-state index contributed by atoms with van der Waals surface area (Å²) in [5.74, 6) is 1.68. The van der Waals surface area contributed by atoms with Gasteiger partial charge < -0.3 is 4.90 Å². The van der Waals surface area contributed by atoms with Crippen LogP contribution in [0.25, 0.3) is 0 Å². The summed E-state index contributed by atoms with van der Waals surface area (Å²) < 4.78 is 1.06. The third-order valence-electron chi connectivity index (χ3n) is 3.60. The van der Waals surface area contributed by atoms with Gasteiger partial charge in [0, 0.05) is 23.6 Å². The summed E-state index contributed by atoms with van der Waals surface area (Å²) in [5, 5.41) is 4.23. The van der Waals surface area contributed by atoms with Crippen molar-refractivity contribution in [2.45, 2.75) is 19.3 Å². The van der Waals surface area contributed by atoms with E-state index in [1.165, 1.54) is 19.3 Å². The molecule has 1 aromatic heterocycles. The minimum Gasteiger partial charge on any atom is -0.356 e. The maximum Gasteiger partial charge on any atom is 0.151 e. The lowest BCUT2D eigenvalue weighted by Gasteiger charge is -2.27. The van der Waals surface area contributed by atoms with Crippen LogP contribution in [0.5, 0.6) is 0 Å². The summed E-state index contributed by atoms with van der Waals surface area (Å²) in [5.41, 5.74) is 4.00. The molecule has 114 valence electrons. The third kappa shape index (κ3) is 4.04. The van der Waals surface area contributed by atoms with E-state index in [2.05, 4.69) is 41.3 Å². The average molecular weight is 360 g/mol. The van der Waals surface area contributed by atoms with Crippen molar-refractivity contribution < 1.29 is 0 Å². The molecule has 22 heavy (non-hydrogen) atoms. The lowest BCUT2D eigenvalue weighted by molar-refractivity contribution is 0.573. The Kier molecular flexibility index (Phi) is 5.00. The van der Waals surface area contributed by atoms with Gasteiger partial charge in [0.25, 0.3) is 0 Å². The standard InChI is InChI=1S/C16H18BrN5/c17-14-6-4-13(5-7-14)11-20-21-15-10-16(19-12-18-15)22-8-2-1-3-9-22/h4-7,10-12H,1-3,8-9H2,(H,18,19,21). The summed E-state index contributed by atoms with van der Waals surface area (Å²) in [6.45, 7) is 2.14. The van der Waals surface area contributed by atoms with Crippen molar-refractivity contribution in [2.24, 2.45) is 5.10 Å². The molecule has 6 heteroatoms. The first-order chi connectivity index (χ1) is 10.8. The van der Waals surface area contributed by atoms with E-state index >= 15 is 0 Å². The summed E-state index contributed by atoms with van der Waals surface area (Å²) in [6, 6.07) is 9.91. The van der Waals surface area contributed by atoms with Gasteiger partial charge in [-0.05, 0) is 37.0 Å². The quantitative estimate of drug-likeness (QED) is 0.668. The highest BCUT2D eigenvalue weighted by Gasteiger charge is 2.12. The number of benzene rings is 1. The van der Waals surface area contributed by atoms with Gasteiger partial charge in [-0.3, -0.25) is 5.43 Å². The molecule has 3 rings (SSSR count). The van der Waals surface area contributed by atoms with Crippen LogP contribution >= 0.6 is 15.9 Å². The van der Waals surface area contributed by atoms with E-state index in [9.17, 15) is 0 Å². The molecule has 1 aliphatic rings. The summed E-state index contributed by atoms with van der Waals surface area (Å²) in [6.07, 6.45) is 7.13. The Morgan fingerprint density at radius 3 is 2.64 bits per heavy atom. The molecule has 2 heterocycles. The highest BCUT2D eigenvalue weighted by molar-refractivity contribution is 9.10. The molecular weight excluding hydrogens is 342 g/mol. The van der Waals surface area contributed by atoms with Crippen molar-refractivity contribution >= 4 is 33.8 Å². The van der Waals surface area contributed by atoms with Crippen LogP contribution in [0.15, 0.2) is 46.2 Å². The average Bonchev–Trinajstić information content (AvgIpc) is 2.58. The van der Waals surface area contributed by atoms with E-state index in [1.807, 2.05) is 30.3 Å². The fourth-order valence-corrected chi connectivity index (χ4v) is 2.69. The number of nitrogens with zero attached hydrogens (tertiary/aromatic N) is 4. The molecule has 1 saturated heterocycles. The Morgan fingerprint density at radius 1 is 1.09 bits per heavy atom. The molecule has 1 aliphatic heterocycles. The van der Waals surface area contributed by atoms with Gasteiger partial charge in [0.05, 0.1) is 6.21 Å². The van der Waals surface area contributed by atoms with Crippen LogP contribution in [0.2, 0.25) is 0 Å². The molecule has 0 radical (unpaired) electrons. The van der Waals surface area contributed by atoms with E-state index in [0.717, 1.165) is 28.9 Å². The summed E-state index contributed by atoms with van der Waals surface area (Å²) in [7, 11) is 0. The Bertz CT molecular complexity index is 635. The molecule has 1 aromatic carbocycles. The number of aromatic nitrogens is 2. The predicted octanol–water partition coefficient (Wildman–Crippen LogP) is 3.68. The summed E-state index contributed by atoms with van der Waals surface area (Å²) in [4.78, 5) is 10.9. The number of anilines is 2. The number of hydrazone groups is 1. The van der Waals surface area contributed by atoms with E-state index < -0.39 is 0 Å². The van der Waals surface area contributed by atoms with E-state index in [-0.39, 0.29) is 0 Å².